The molecule has 0 aliphatic heterocycles. The largest absolute Gasteiger partial charge is 1.00 e. The zero-order valence-electron chi connectivity index (χ0n) is 30.4. The van der Waals surface area contributed by atoms with Crippen LogP contribution in [-0.4, -0.2) is 18.2 Å². The molecule has 5 aromatic rings. The van der Waals surface area contributed by atoms with Crippen LogP contribution in [-0.2, 0) is 19.4 Å². The van der Waals surface area contributed by atoms with Gasteiger partial charge in [-0.2, -0.15) is 0 Å². The van der Waals surface area contributed by atoms with Crippen LogP contribution >= 0.6 is 0 Å². The number of hydrogen-bond donors (Lipinski definition) is 1. The quantitative estimate of drug-likeness (QED) is 0.0437. The minimum Gasteiger partial charge on any atom is -1.00 e. The smallest absolute Gasteiger partial charge is 0.169 e. The van der Waals surface area contributed by atoms with E-state index in [4.69, 9.17) is 9.47 Å². The van der Waals surface area contributed by atoms with Crippen molar-refractivity contribution in [2.45, 2.75) is 84.1 Å². The van der Waals surface area contributed by atoms with E-state index in [1.807, 2.05) is 12.2 Å². The number of hydrogen-bond acceptors (Lipinski definition) is 2. The molecule has 2 heterocycles. The highest BCUT2D eigenvalue weighted by atomic mass is 79.9. The van der Waals surface area contributed by atoms with E-state index >= 15 is 0 Å². The van der Waals surface area contributed by atoms with Crippen molar-refractivity contribution >= 4 is 23.1 Å². The average Bonchev–Trinajstić information content (AvgIpc) is 3.56. The topological polar surface area (TPSA) is 38.1 Å². The molecule has 1 N–H and O–H groups in total. The van der Waals surface area contributed by atoms with E-state index in [0.29, 0.717) is 6.61 Å². The number of para-hydroxylation sites is 1. The first-order valence-corrected chi connectivity index (χ1v) is 18.7. The van der Waals surface area contributed by atoms with Crippen molar-refractivity contribution in [1.82, 2.24) is 4.98 Å². The third-order valence-corrected chi connectivity index (χ3v) is 9.18. The fourth-order valence-corrected chi connectivity index (χ4v) is 6.42. The lowest BCUT2D eigenvalue weighted by Gasteiger charge is -2.16. The van der Waals surface area contributed by atoms with E-state index in [0.717, 1.165) is 67.0 Å². The Bertz CT molecular complexity index is 1820. The molecule has 0 saturated heterocycles. The van der Waals surface area contributed by atoms with Crippen molar-refractivity contribution in [1.29, 1.82) is 0 Å². The maximum Gasteiger partial charge on any atom is 0.169 e. The number of halogens is 1. The van der Waals surface area contributed by atoms with Gasteiger partial charge in [0.25, 0.3) is 0 Å². The summed E-state index contributed by atoms with van der Waals surface area (Å²) in [6.45, 7) is 12.6. The summed E-state index contributed by atoms with van der Waals surface area (Å²) >= 11 is 0. The van der Waals surface area contributed by atoms with Gasteiger partial charge in [0.2, 0.25) is 0 Å². The summed E-state index contributed by atoms with van der Waals surface area (Å²) in [5, 5.41) is 1.26. The van der Waals surface area contributed by atoms with Gasteiger partial charge in [0.15, 0.2) is 12.4 Å². The highest BCUT2D eigenvalue weighted by molar-refractivity contribution is 5.91. The number of ether oxygens (including phenoxy) is 2. The van der Waals surface area contributed by atoms with Gasteiger partial charge in [-0.25, -0.2) is 4.57 Å². The molecular weight excluding hydrogens is 692 g/mol. The number of H-pyrrole nitrogens is 1. The van der Waals surface area contributed by atoms with E-state index in [-0.39, 0.29) is 17.0 Å². The molecular formula is C46H55BrN2O2. The molecule has 0 unspecified atom stereocenters. The molecule has 0 aliphatic rings. The van der Waals surface area contributed by atoms with Crippen LogP contribution in [0.25, 0.3) is 34.2 Å². The molecule has 4 nitrogen and oxygen atoms in total. The monoisotopic (exact) mass is 746 g/mol. The number of pyridine rings is 1. The zero-order valence-corrected chi connectivity index (χ0v) is 32.0. The molecule has 0 radical (unpaired) electrons. The number of allylic oxidation sites excluding steroid dienone is 2. The Balaban J connectivity index is 0.00000583. The summed E-state index contributed by atoms with van der Waals surface area (Å²) in [5.41, 5.74) is 8.29. The van der Waals surface area contributed by atoms with Crippen LogP contribution in [0.2, 0.25) is 0 Å². The Morgan fingerprint density at radius 1 is 0.706 bits per heavy atom. The minimum atomic E-state index is 0. The normalized spacial score (nSPS) is 11.1. The van der Waals surface area contributed by atoms with Crippen LogP contribution < -0.4 is 31.0 Å². The Morgan fingerprint density at radius 2 is 1.41 bits per heavy atom. The Labute approximate surface area is 316 Å². The van der Waals surface area contributed by atoms with Gasteiger partial charge in [-0.15, -0.1) is 13.2 Å². The predicted molar refractivity (Wildman–Crippen MR) is 212 cm³/mol. The molecule has 3 aromatic carbocycles. The highest BCUT2D eigenvalue weighted by Gasteiger charge is 2.12. The van der Waals surface area contributed by atoms with E-state index in [1.54, 1.807) is 0 Å². The number of fused-ring (bicyclic) bond motifs is 1. The number of nitrogens with zero attached hydrogens (tertiary/aromatic N) is 1. The van der Waals surface area contributed by atoms with Crippen LogP contribution in [0.15, 0.2) is 117 Å². The lowest BCUT2D eigenvalue weighted by Crippen LogP contribution is -3.00. The zero-order chi connectivity index (χ0) is 34.8. The molecule has 5 heteroatoms. The van der Waals surface area contributed by atoms with Gasteiger partial charge in [-0.05, 0) is 90.3 Å². The predicted octanol–water partition coefficient (Wildman–Crippen LogP) is 8.74. The molecule has 0 fully saturated rings. The lowest BCUT2D eigenvalue weighted by molar-refractivity contribution is -0.697. The van der Waals surface area contributed by atoms with Crippen molar-refractivity contribution < 1.29 is 31.0 Å². The van der Waals surface area contributed by atoms with Crippen molar-refractivity contribution in [3.63, 3.8) is 0 Å². The molecule has 0 bridgehead atoms. The average molecular weight is 748 g/mol. The maximum absolute atomic E-state index is 6.39. The summed E-state index contributed by atoms with van der Waals surface area (Å²) in [6, 6.07) is 25.8. The summed E-state index contributed by atoms with van der Waals surface area (Å²) < 4.78 is 14.7. The van der Waals surface area contributed by atoms with Gasteiger partial charge in [0.05, 0.1) is 13.2 Å². The van der Waals surface area contributed by atoms with Crippen molar-refractivity contribution in [2.75, 3.05) is 13.2 Å². The summed E-state index contributed by atoms with van der Waals surface area (Å²) in [4.78, 5) is 3.34. The number of aromatic amines is 1. The first-order valence-electron chi connectivity index (χ1n) is 18.7. The van der Waals surface area contributed by atoms with Gasteiger partial charge < -0.3 is 31.4 Å². The molecule has 0 aliphatic carbocycles. The lowest BCUT2D eigenvalue weighted by atomic mass is 9.97. The number of aromatic nitrogens is 2. The van der Waals surface area contributed by atoms with Crippen molar-refractivity contribution in [2.24, 2.45) is 0 Å². The second kappa shape index (κ2) is 21.8. The van der Waals surface area contributed by atoms with Gasteiger partial charge in [-0.1, -0.05) is 93.7 Å². The second-order valence-corrected chi connectivity index (χ2v) is 13.2. The van der Waals surface area contributed by atoms with Crippen LogP contribution in [0.3, 0.4) is 0 Å². The second-order valence-electron chi connectivity index (χ2n) is 13.2. The molecule has 0 saturated carbocycles. The molecule has 268 valence electrons. The van der Waals surface area contributed by atoms with E-state index < -0.39 is 0 Å². The standard InChI is InChI=1S/C46H54N2O2.BrH/c1-4-17-38-22-25-46(43(34-38)39-24-26-45(49-32-6-3)40(35-39)18-5-2)50-33-16-12-10-8-7-9-11-15-29-48-30-27-37(28-31-48)21-23-41-36-47-44-20-14-13-19-42(41)44;/h4-5,13-14,19-28,30-31,34-36H,1-2,6-12,15-18,29,32-33H2,3H3;1H. The molecule has 51 heavy (non-hydrogen) atoms. The molecule has 5 rings (SSSR count). The third kappa shape index (κ3) is 12.1. The van der Waals surface area contributed by atoms with Crippen molar-refractivity contribution in [3.8, 4) is 22.6 Å². The molecule has 0 spiro atoms. The summed E-state index contributed by atoms with van der Waals surface area (Å²) in [7, 11) is 0. The molecule has 0 amide bonds. The molecule has 2 aromatic heterocycles. The Hall–Kier alpha value is -4.35. The van der Waals surface area contributed by atoms with Crippen molar-refractivity contribution in [3.05, 3.63) is 139 Å². The minimum absolute atomic E-state index is 0. The first-order chi connectivity index (χ1) is 24.7. The molecule has 0 atom stereocenters. The fourth-order valence-electron chi connectivity index (χ4n) is 6.42. The van der Waals surface area contributed by atoms with Gasteiger partial charge in [-0.3, -0.25) is 0 Å². The van der Waals surface area contributed by atoms with Gasteiger partial charge >= 0.3 is 0 Å². The number of nitrogens with one attached hydrogen (secondary N) is 1. The third-order valence-electron chi connectivity index (χ3n) is 9.18. The van der Waals surface area contributed by atoms with E-state index in [9.17, 15) is 0 Å². The fraction of sp³-hybridized carbons (Fsp3) is 0.326. The number of benzene rings is 3. The van der Waals surface area contributed by atoms with Gasteiger partial charge in [0.1, 0.15) is 18.0 Å². The summed E-state index contributed by atoms with van der Waals surface area (Å²) in [6.07, 6.45) is 27.3. The maximum atomic E-state index is 6.39. The highest BCUT2D eigenvalue weighted by Crippen LogP contribution is 2.35. The number of aryl methyl sites for hydroxylation is 1. The number of unbranched alkanes of at least 4 members (excludes halogenated alkanes) is 7. The van der Waals surface area contributed by atoms with E-state index in [1.165, 1.54) is 72.5 Å². The summed E-state index contributed by atoms with van der Waals surface area (Å²) in [5.74, 6) is 1.88. The Kier molecular flexibility index (Phi) is 16.8. The van der Waals surface area contributed by atoms with Crippen LogP contribution in [0.1, 0.15) is 87.0 Å². The number of rotatable bonds is 22. The van der Waals surface area contributed by atoms with Crippen LogP contribution in [0.5, 0.6) is 11.5 Å². The van der Waals surface area contributed by atoms with E-state index in [2.05, 4.69) is 133 Å². The van der Waals surface area contributed by atoms with Crippen LogP contribution in [0.4, 0.5) is 0 Å². The SMILES string of the molecule is C=CCc1ccc(OCCCCCCCCCC[n+]2ccc(/C=C/c3c[nH]c4ccccc34)cc2)c(-c2ccc(OCCC)c(CC=C)c2)c1.[Br-]. The van der Waals surface area contributed by atoms with Crippen LogP contribution in [0, 0.1) is 0 Å². The Morgan fingerprint density at radius 3 is 2.18 bits per heavy atom. The van der Waals surface area contributed by atoms with Gasteiger partial charge in [0, 0.05) is 41.2 Å². The first kappa shape index (κ1) is 39.4.